The summed E-state index contributed by atoms with van der Waals surface area (Å²) >= 11 is 0. The fraction of sp³-hybridized carbons (Fsp3) is 0.412. The van der Waals surface area contributed by atoms with Gasteiger partial charge in [0.1, 0.15) is 18.5 Å². The zero-order valence-electron chi connectivity index (χ0n) is 14.6. The van der Waals surface area contributed by atoms with Gasteiger partial charge >= 0.3 is 0 Å². The van der Waals surface area contributed by atoms with Crippen LogP contribution in [-0.2, 0) is 6.54 Å². The molecule has 3 aromatic rings. The van der Waals surface area contributed by atoms with Crippen LogP contribution in [0.4, 0.5) is 5.82 Å². The van der Waals surface area contributed by atoms with E-state index in [2.05, 4.69) is 30.0 Å². The fourth-order valence-corrected chi connectivity index (χ4v) is 3.30. The third kappa shape index (κ3) is 3.32. The Morgan fingerprint density at radius 1 is 1.15 bits per heavy atom. The number of aryl methyl sites for hydroxylation is 1. The molecule has 1 fully saturated rings. The van der Waals surface area contributed by atoms with E-state index in [1.165, 1.54) is 17.1 Å². The number of hydrogen-bond donors (Lipinski definition) is 0. The summed E-state index contributed by atoms with van der Waals surface area (Å²) < 4.78 is 3.08. The maximum atomic E-state index is 12.2. The standard InChI is InChI=1S/C17H20N8O/c1-13-17(20-7-6-19-13)23-8-4-14(5-9-23)10-24-16(26)3-2-15(22-24)25-12-18-11-21-25/h2-3,6-7,11-12,14H,4-5,8-10H2,1H3. The molecular weight excluding hydrogens is 332 g/mol. The molecule has 9 heteroatoms. The monoisotopic (exact) mass is 352 g/mol. The summed E-state index contributed by atoms with van der Waals surface area (Å²) in [7, 11) is 0. The van der Waals surface area contributed by atoms with E-state index >= 15 is 0 Å². The van der Waals surface area contributed by atoms with Gasteiger partial charge in [0.2, 0.25) is 0 Å². The fourth-order valence-electron chi connectivity index (χ4n) is 3.30. The Morgan fingerprint density at radius 2 is 1.96 bits per heavy atom. The van der Waals surface area contributed by atoms with E-state index in [0.29, 0.717) is 18.3 Å². The van der Waals surface area contributed by atoms with Gasteiger partial charge < -0.3 is 4.90 Å². The average Bonchev–Trinajstić information content (AvgIpc) is 3.19. The Balaban J connectivity index is 1.44. The average molecular weight is 352 g/mol. The van der Waals surface area contributed by atoms with E-state index in [-0.39, 0.29) is 5.56 Å². The van der Waals surface area contributed by atoms with Gasteiger partial charge in [-0.15, -0.1) is 5.10 Å². The third-order valence-electron chi connectivity index (χ3n) is 4.71. The van der Waals surface area contributed by atoms with Gasteiger partial charge in [-0.1, -0.05) is 0 Å². The predicted octanol–water partition coefficient (Wildman–Crippen LogP) is 0.839. The van der Waals surface area contributed by atoms with Crippen molar-refractivity contribution in [2.75, 3.05) is 18.0 Å². The van der Waals surface area contributed by atoms with Crippen LogP contribution in [0.2, 0.25) is 0 Å². The topological polar surface area (TPSA) is 94.6 Å². The van der Waals surface area contributed by atoms with E-state index in [9.17, 15) is 4.79 Å². The molecule has 0 bridgehead atoms. The minimum absolute atomic E-state index is 0.0962. The van der Waals surface area contributed by atoms with Crippen molar-refractivity contribution in [3.05, 3.63) is 53.2 Å². The summed E-state index contributed by atoms with van der Waals surface area (Å²) in [5, 5.41) is 8.49. The van der Waals surface area contributed by atoms with Crippen molar-refractivity contribution in [1.29, 1.82) is 0 Å². The Bertz CT molecular complexity index is 928. The first kappa shape index (κ1) is 16.4. The summed E-state index contributed by atoms with van der Waals surface area (Å²) in [6, 6.07) is 3.19. The SMILES string of the molecule is Cc1nccnc1N1CCC(Cn2nc(-n3cncn3)ccc2=O)CC1. The van der Waals surface area contributed by atoms with Gasteiger partial charge in [-0.3, -0.25) is 9.78 Å². The van der Waals surface area contributed by atoms with Crippen molar-refractivity contribution in [1.82, 2.24) is 34.5 Å². The van der Waals surface area contributed by atoms with Crippen LogP contribution >= 0.6 is 0 Å². The lowest BCUT2D eigenvalue weighted by molar-refractivity contribution is 0.333. The van der Waals surface area contributed by atoms with Crippen molar-refractivity contribution in [2.24, 2.45) is 5.92 Å². The highest BCUT2D eigenvalue weighted by Gasteiger charge is 2.22. The van der Waals surface area contributed by atoms with Crippen molar-refractivity contribution in [3.63, 3.8) is 0 Å². The molecule has 0 unspecified atom stereocenters. The number of piperidine rings is 1. The second-order valence-electron chi connectivity index (χ2n) is 6.45. The molecule has 1 aliphatic rings. The molecule has 0 N–H and O–H groups in total. The van der Waals surface area contributed by atoms with Crippen molar-refractivity contribution in [2.45, 2.75) is 26.3 Å². The molecule has 0 amide bonds. The van der Waals surface area contributed by atoms with Gasteiger partial charge in [-0.05, 0) is 31.7 Å². The molecule has 0 radical (unpaired) electrons. The minimum atomic E-state index is -0.0962. The third-order valence-corrected chi connectivity index (χ3v) is 4.71. The van der Waals surface area contributed by atoms with Crippen molar-refractivity contribution >= 4 is 5.82 Å². The molecule has 4 rings (SSSR count). The van der Waals surface area contributed by atoms with Gasteiger partial charge in [0, 0.05) is 38.1 Å². The lowest BCUT2D eigenvalue weighted by atomic mass is 9.97. The molecule has 3 aromatic heterocycles. The van der Waals surface area contributed by atoms with E-state index in [0.717, 1.165) is 37.4 Å². The quantitative estimate of drug-likeness (QED) is 0.686. The highest BCUT2D eigenvalue weighted by molar-refractivity contribution is 5.42. The normalized spacial score (nSPS) is 15.3. The lowest BCUT2D eigenvalue weighted by Crippen LogP contribution is -2.37. The largest absolute Gasteiger partial charge is 0.355 e. The minimum Gasteiger partial charge on any atom is -0.355 e. The number of anilines is 1. The molecule has 0 spiro atoms. The first-order valence-corrected chi connectivity index (χ1v) is 8.66. The van der Waals surface area contributed by atoms with Crippen molar-refractivity contribution < 1.29 is 0 Å². The number of rotatable bonds is 4. The van der Waals surface area contributed by atoms with E-state index in [1.54, 1.807) is 29.5 Å². The summed E-state index contributed by atoms with van der Waals surface area (Å²) in [6.45, 7) is 4.39. The molecule has 0 aromatic carbocycles. The molecule has 0 aliphatic carbocycles. The first-order valence-electron chi connectivity index (χ1n) is 8.66. The molecular formula is C17H20N8O. The van der Waals surface area contributed by atoms with Crippen LogP contribution in [0.1, 0.15) is 18.5 Å². The predicted molar refractivity (Wildman–Crippen MR) is 95.1 cm³/mol. The lowest BCUT2D eigenvalue weighted by Gasteiger charge is -2.33. The van der Waals surface area contributed by atoms with Gasteiger partial charge in [0.05, 0.1) is 5.69 Å². The van der Waals surface area contributed by atoms with Crippen LogP contribution in [0.15, 0.2) is 42.0 Å². The Labute approximate surface area is 150 Å². The van der Waals surface area contributed by atoms with Gasteiger partial charge in [-0.2, -0.15) is 5.10 Å². The molecule has 0 saturated carbocycles. The Kier molecular flexibility index (Phi) is 4.42. The molecule has 1 aliphatic heterocycles. The molecule has 4 heterocycles. The van der Waals surface area contributed by atoms with Crippen molar-refractivity contribution in [3.8, 4) is 5.82 Å². The number of nitrogens with zero attached hydrogens (tertiary/aromatic N) is 8. The number of hydrogen-bond acceptors (Lipinski definition) is 7. The Hall–Kier alpha value is -3.10. The van der Waals surface area contributed by atoms with Crippen LogP contribution in [-0.4, -0.2) is 47.6 Å². The zero-order valence-corrected chi connectivity index (χ0v) is 14.6. The summed E-state index contributed by atoms with van der Waals surface area (Å²) in [5.41, 5.74) is 0.852. The summed E-state index contributed by atoms with van der Waals surface area (Å²) in [5.74, 6) is 1.95. The summed E-state index contributed by atoms with van der Waals surface area (Å²) in [4.78, 5) is 27.1. The van der Waals surface area contributed by atoms with Crippen LogP contribution in [0.5, 0.6) is 0 Å². The van der Waals surface area contributed by atoms with E-state index in [1.807, 2.05) is 6.92 Å². The highest BCUT2D eigenvalue weighted by atomic mass is 16.1. The van der Waals surface area contributed by atoms with E-state index < -0.39 is 0 Å². The second-order valence-corrected chi connectivity index (χ2v) is 6.45. The maximum Gasteiger partial charge on any atom is 0.266 e. The molecule has 26 heavy (non-hydrogen) atoms. The van der Waals surface area contributed by atoms with Crippen LogP contribution in [0.3, 0.4) is 0 Å². The zero-order chi connectivity index (χ0) is 17.9. The van der Waals surface area contributed by atoms with E-state index in [4.69, 9.17) is 0 Å². The maximum absolute atomic E-state index is 12.2. The molecule has 1 saturated heterocycles. The smallest absolute Gasteiger partial charge is 0.266 e. The van der Waals surface area contributed by atoms with Gasteiger partial charge in [0.25, 0.3) is 5.56 Å². The molecule has 134 valence electrons. The summed E-state index contributed by atoms with van der Waals surface area (Å²) in [6.07, 6.45) is 8.43. The van der Waals surface area contributed by atoms with Gasteiger partial charge in [0.15, 0.2) is 5.82 Å². The van der Waals surface area contributed by atoms with Crippen LogP contribution < -0.4 is 10.5 Å². The van der Waals surface area contributed by atoms with Crippen LogP contribution in [0.25, 0.3) is 5.82 Å². The van der Waals surface area contributed by atoms with Crippen LogP contribution in [0, 0.1) is 12.8 Å². The Morgan fingerprint density at radius 3 is 2.69 bits per heavy atom. The molecule has 0 atom stereocenters. The van der Waals surface area contributed by atoms with Gasteiger partial charge in [-0.25, -0.2) is 19.3 Å². The first-order chi connectivity index (χ1) is 12.7. The highest BCUT2D eigenvalue weighted by Crippen LogP contribution is 2.23. The molecule has 9 nitrogen and oxygen atoms in total. The number of aromatic nitrogens is 7. The second kappa shape index (κ2) is 7.03.